The fourth-order valence-corrected chi connectivity index (χ4v) is 4.08. The number of esters is 1. The number of nitrogens with one attached hydrogen (secondary N) is 2. The van der Waals surface area contributed by atoms with Crippen molar-refractivity contribution in [2.24, 2.45) is 0 Å². The average molecular weight is 460 g/mol. The lowest BCUT2D eigenvalue weighted by atomic mass is 10.2. The maximum absolute atomic E-state index is 12.3. The van der Waals surface area contributed by atoms with Gasteiger partial charge in [-0.3, -0.25) is 14.4 Å². The van der Waals surface area contributed by atoms with Gasteiger partial charge in [0.2, 0.25) is 0 Å². The summed E-state index contributed by atoms with van der Waals surface area (Å²) in [6, 6.07) is 24.2. The number of fused-ring (bicyclic) bond motifs is 1. The summed E-state index contributed by atoms with van der Waals surface area (Å²) in [4.78, 5) is 45.5. The number of aryl methyl sites for hydroxylation is 1. The van der Waals surface area contributed by atoms with Gasteiger partial charge in [0.05, 0.1) is 23.0 Å². The van der Waals surface area contributed by atoms with Gasteiger partial charge in [0.15, 0.2) is 6.61 Å². The number of nitrogens with zero attached hydrogens (tertiary/aromatic N) is 1. The average Bonchev–Trinajstić information content (AvgIpc) is 2.83. The SMILES string of the molecule is O=C(COC(=O)CCc1nc2ccccc2c(=O)[nH]1)Nc1ccccc1Sc1ccccc1. The summed E-state index contributed by atoms with van der Waals surface area (Å²) >= 11 is 1.53. The summed E-state index contributed by atoms with van der Waals surface area (Å²) in [5, 5.41) is 3.28. The highest BCUT2D eigenvalue weighted by atomic mass is 32.2. The normalized spacial score (nSPS) is 10.7. The van der Waals surface area contributed by atoms with E-state index in [4.69, 9.17) is 4.74 Å². The summed E-state index contributed by atoms with van der Waals surface area (Å²) in [5.74, 6) is -0.582. The Morgan fingerprint density at radius 1 is 0.939 bits per heavy atom. The van der Waals surface area contributed by atoms with E-state index in [2.05, 4.69) is 15.3 Å². The zero-order valence-corrected chi connectivity index (χ0v) is 18.4. The molecule has 0 aliphatic rings. The topological polar surface area (TPSA) is 101 Å². The summed E-state index contributed by atoms with van der Waals surface area (Å²) in [7, 11) is 0. The molecule has 4 aromatic rings. The molecular formula is C25H21N3O4S. The molecule has 1 aromatic heterocycles. The number of anilines is 1. The van der Waals surface area contributed by atoms with E-state index in [1.807, 2.05) is 48.5 Å². The fourth-order valence-electron chi connectivity index (χ4n) is 3.15. The molecule has 1 amide bonds. The monoisotopic (exact) mass is 459 g/mol. The Balaban J connectivity index is 1.29. The maximum atomic E-state index is 12.3. The predicted octanol–water partition coefficient (Wildman–Crippen LogP) is 4.19. The highest BCUT2D eigenvalue weighted by molar-refractivity contribution is 7.99. The number of aromatic nitrogens is 2. The number of para-hydroxylation sites is 2. The lowest BCUT2D eigenvalue weighted by Crippen LogP contribution is -2.21. The van der Waals surface area contributed by atoms with E-state index in [0.717, 1.165) is 9.79 Å². The van der Waals surface area contributed by atoms with Crippen molar-refractivity contribution >= 4 is 40.2 Å². The predicted molar refractivity (Wildman–Crippen MR) is 127 cm³/mol. The molecule has 0 saturated heterocycles. The summed E-state index contributed by atoms with van der Waals surface area (Å²) in [6.45, 7) is -0.398. The van der Waals surface area contributed by atoms with Crippen molar-refractivity contribution < 1.29 is 14.3 Å². The van der Waals surface area contributed by atoms with Crippen LogP contribution in [-0.4, -0.2) is 28.5 Å². The Kier molecular flexibility index (Phi) is 7.16. The van der Waals surface area contributed by atoms with Crippen molar-refractivity contribution in [1.82, 2.24) is 9.97 Å². The molecule has 0 aliphatic carbocycles. The smallest absolute Gasteiger partial charge is 0.306 e. The van der Waals surface area contributed by atoms with Gasteiger partial charge < -0.3 is 15.0 Å². The van der Waals surface area contributed by atoms with E-state index in [0.29, 0.717) is 22.4 Å². The van der Waals surface area contributed by atoms with E-state index in [1.165, 1.54) is 11.8 Å². The molecule has 8 heteroatoms. The summed E-state index contributed by atoms with van der Waals surface area (Å²) in [5.41, 5.74) is 0.955. The molecule has 0 aliphatic heterocycles. The van der Waals surface area contributed by atoms with Crippen LogP contribution < -0.4 is 10.9 Å². The van der Waals surface area contributed by atoms with E-state index in [9.17, 15) is 14.4 Å². The van der Waals surface area contributed by atoms with Crippen molar-refractivity contribution in [2.45, 2.75) is 22.6 Å². The van der Waals surface area contributed by atoms with Crippen LogP contribution in [0.25, 0.3) is 10.9 Å². The van der Waals surface area contributed by atoms with Crippen molar-refractivity contribution in [3.05, 3.63) is 95.0 Å². The number of H-pyrrole nitrogens is 1. The third kappa shape index (κ3) is 6.08. The number of ether oxygens (including phenoxy) is 1. The molecule has 0 bridgehead atoms. The molecular weight excluding hydrogens is 438 g/mol. The molecule has 0 saturated carbocycles. The van der Waals surface area contributed by atoms with Gasteiger partial charge in [-0.2, -0.15) is 0 Å². The maximum Gasteiger partial charge on any atom is 0.306 e. The highest BCUT2D eigenvalue weighted by Gasteiger charge is 2.12. The third-order valence-corrected chi connectivity index (χ3v) is 5.81. The molecule has 0 radical (unpaired) electrons. The van der Waals surface area contributed by atoms with E-state index in [1.54, 1.807) is 30.3 Å². The Bertz CT molecular complexity index is 1340. The molecule has 33 heavy (non-hydrogen) atoms. The molecule has 7 nitrogen and oxygen atoms in total. The van der Waals surface area contributed by atoms with Gasteiger partial charge in [0, 0.05) is 16.2 Å². The Labute approximate surface area is 194 Å². The van der Waals surface area contributed by atoms with Crippen LogP contribution in [0, 0.1) is 0 Å². The second-order valence-corrected chi connectivity index (χ2v) is 8.27. The molecule has 3 aromatic carbocycles. The van der Waals surface area contributed by atoms with Crippen molar-refractivity contribution in [2.75, 3.05) is 11.9 Å². The molecule has 0 spiro atoms. The molecule has 0 unspecified atom stereocenters. The van der Waals surface area contributed by atoms with Gasteiger partial charge >= 0.3 is 5.97 Å². The first-order chi connectivity index (χ1) is 16.1. The highest BCUT2D eigenvalue weighted by Crippen LogP contribution is 2.33. The van der Waals surface area contributed by atoms with Gasteiger partial charge in [-0.1, -0.05) is 54.2 Å². The number of aromatic amines is 1. The van der Waals surface area contributed by atoms with Crippen LogP contribution in [0.1, 0.15) is 12.2 Å². The number of hydrogen-bond donors (Lipinski definition) is 2. The lowest BCUT2D eigenvalue weighted by Gasteiger charge is -2.11. The van der Waals surface area contributed by atoms with Crippen LogP contribution in [0.2, 0.25) is 0 Å². The minimum absolute atomic E-state index is 0.00495. The second kappa shape index (κ2) is 10.6. The van der Waals surface area contributed by atoms with Crippen LogP contribution in [-0.2, 0) is 20.7 Å². The van der Waals surface area contributed by atoms with Crippen LogP contribution in [0.15, 0.2) is 93.4 Å². The van der Waals surface area contributed by atoms with Gasteiger partial charge in [-0.25, -0.2) is 4.98 Å². The van der Waals surface area contributed by atoms with Gasteiger partial charge in [0.1, 0.15) is 5.82 Å². The first kappa shape index (κ1) is 22.3. The quantitative estimate of drug-likeness (QED) is 0.383. The minimum atomic E-state index is -0.548. The van der Waals surface area contributed by atoms with E-state index in [-0.39, 0.29) is 18.4 Å². The van der Waals surface area contributed by atoms with Crippen molar-refractivity contribution in [1.29, 1.82) is 0 Å². The van der Waals surface area contributed by atoms with Gasteiger partial charge in [-0.15, -0.1) is 0 Å². The zero-order valence-electron chi connectivity index (χ0n) is 17.6. The van der Waals surface area contributed by atoms with Gasteiger partial charge in [-0.05, 0) is 36.4 Å². The van der Waals surface area contributed by atoms with Gasteiger partial charge in [0.25, 0.3) is 11.5 Å². The van der Waals surface area contributed by atoms with Crippen LogP contribution in [0.5, 0.6) is 0 Å². The first-order valence-corrected chi connectivity index (χ1v) is 11.2. The first-order valence-electron chi connectivity index (χ1n) is 10.3. The number of amides is 1. The van der Waals surface area contributed by atoms with Crippen molar-refractivity contribution in [3.63, 3.8) is 0 Å². The van der Waals surface area contributed by atoms with Crippen LogP contribution in [0.3, 0.4) is 0 Å². The number of carbonyl (C=O) groups is 2. The Hall–Kier alpha value is -3.91. The Morgan fingerprint density at radius 2 is 1.67 bits per heavy atom. The standard InChI is InChI=1S/C25H21N3O4S/c29-23(27-20-12-6-7-13-21(20)33-17-8-2-1-3-9-17)16-32-24(30)15-14-22-26-19-11-5-4-10-18(19)25(31)28-22/h1-13H,14-16H2,(H,27,29)(H,26,28,31). The number of benzene rings is 3. The molecule has 4 rings (SSSR count). The molecule has 2 N–H and O–H groups in total. The van der Waals surface area contributed by atoms with Crippen LogP contribution >= 0.6 is 11.8 Å². The van der Waals surface area contributed by atoms with E-state index < -0.39 is 18.5 Å². The van der Waals surface area contributed by atoms with Crippen molar-refractivity contribution in [3.8, 4) is 0 Å². The minimum Gasteiger partial charge on any atom is -0.456 e. The molecule has 0 fully saturated rings. The lowest BCUT2D eigenvalue weighted by molar-refractivity contribution is -0.147. The number of hydrogen-bond acceptors (Lipinski definition) is 6. The number of carbonyl (C=O) groups excluding carboxylic acids is 2. The largest absolute Gasteiger partial charge is 0.456 e. The zero-order chi connectivity index (χ0) is 23.0. The summed E-state index contributed by atoms with van der Waals surface area (Å²) < 4.78 is 5.10. The fraction of sp³-hybridized carbons (Fsp3) is 0.120. The molecule has 166 valence electrons. The second-order valence-electron chi connectivity index (χ2n) is 7.15. The Morgan fingerprint density at radius 3 is 2.52 bits per heavy atom. The third-order valence-electron chi connectivity index (χ3n) is 4.72. The molecule has 1 heterocycles. The van der Waals surface area contributed by atoms with E-state index >= 15 is 0 Å². The summed E-state index contributed by atoms with van der Waals surface area (Å²) in [6.07, 6.45) is 0.200. The number of rotatable bonds is 8. The van der Waals surface area contributed by atoms with Crippen LogP contribution in [0.4, 0.5) is 5.69 Å². The molecule has 0 atom stereocenters.